The summed E-state index contributed by atoms with van der Waals surface area (Å²) in [5.41, 5.74) is 0.499. The summed E-state index contributed by atoms with van der Waals surface area (Å²) in [5, 5.41) is 25.4. The topological polar surface area (TPSA) is 104 Å². The predicted molar refractivity (Wildman–Crippen MR) is 78.1 cm³/mol. The van der Waals surface area contributed by atoms with Crippen LogP contribution in [-0.4, -0.2) is 28.7 Å². The molecule has 2 rings (SSSR count). The second-order valence-corrected chi connectivity index (χ2v) is 5.31. The normalized spacial score (nSPS) is 21.6. The molecule has 0 atom stereocenters. The van der Waals surface area contributed by atoms with Crippen molar-refractivity contribution in [3.05, 3.63) is 34.4 Å². The van der Waals surface area contributed by atoms with Gasteiger partial charge in [-0.3, -0.25) is 10.1 Å². The Labute approximate surface area is 122 Å². The second-order valence-electron chi connectivity index (χ2n) is 5.31. The Kier molecular flexibility index (Phi) is 5.10. The van der Waals surface area contributed by atoms with Gasteiger partial charge in [0.25, 0.3) is 5.69 Å². The molecule has 1 aliphatic rings. The van der Waals surface area contributed by atoms with E-state index in [9.17, 15) is 20.0 Å². The number of hydrogen-bond acceptors (Lipinski definition) is 4. The van der Waals surface area contributed by atoms with Crippen molar-refractivity contribution in [1.29, 1.82) is 0 Å². The van der Waals surface area contributed by atoms with Crippen molar-refractivity contribution >= 4 is 17.4 Å². The molecule has 0 radical (unpaired) electrons. The molecular weight excluding hydrogens is 274 g/mol. The van der Waals surface area contributed by atoms with Gasteiger partial charge in [0, 0.05) is 24.4 Å². The lowest BCUT2D eigenvalue weighted by Gasteiger charge is -2.25. The van der Waals surface area contributed by atoms with Crippen molar-refractivity contribution in [2.45, 2.75) is 31.8 Å². The molecular formula is C14H19N3O4. The van der Waals surface area contributed by atoms with Crippen LogP contribution in [0, 0.1) is 16.0 Å². The van der Waals surface area contributed by atoms with Crippen molar-refractivity contribution in [3.8, 4) is 0 Å². The van der Waals surface area contributed by atoms with E-state index in [2.05, 4.69) is 10.6 Å². The first kappa shape index (κ1) is 15.2. The molecule has 114 valence electrons. The fourth-order valence-electron chi connectivity index (χ4n) is 2.43. The first-order chi connectivity index (χ1) is 10.0. The van der Waals surface area contributed by atoms with Crippen molar-refractivity contribution in [2.75, 3.05) is 11.9 Å². The molecule has 0 saturated heterocycles. The number of nitrogens with one attached hydrogen (secondary N) is 2. The Balaban J connectivity index is 1.75. The van der Waals surface area contributed by atoms with Gasteiger partial charge in [-0.25, -0.2) is 4.79 Å². The molecule has 7 heteroatoms. The molecule has 0 bridgehead atoms. The SMILES string of the molecule is O=C(NCC1CCC(O)CC1)Nc1ccc([N+](=O)[O-])cc1. The molecule has 1 aromatic rings. The number of aliphatic hydroxyl groups excluding tert-OH is 1. The van der Waals surface area contributed by atoms with E-state index in [1.807, 2.05) is 0 Å². The lowest BCUT2D eigenvalue weighted by Crippen LogP contribution is -2.34. The number of nitro benzene ring substituents is 1. The van der Waals surface area contributed by atoms with Gasteiger partial charge in [0.05, 0.1) is 11.0 Å². The van der Waals surface area contributed by atoms with Gasteiger partial charge in [-0.1, -0.05) is 0 Å². The minimum absolute atomic E-state index is 0.0123. The number of carbonyl (C=O) groups is 1. The first-order valence-electron chi connectivity index (χ1n) is 7.02. The van der Waals surface area contributed by atoms with E-state index < -0.39 is 4.92 Å². The molecule has 21 heavy (non-hydrogen) atoms. The number of amides is 2. The summed E-state index contributed by atoms with van der Waals surface area (Å²) >= 11 is 0. The Hall–Kier alpha value is -2.15. The molecule has 0 unspecified atom stereocenters. The molecule has 1 saturated carbocycles. The molecule has 1 fully saturated rings. The van der Waals surface area contributed by atoms with Gasteiger partial charge < -0.3 is 15.7 Å². The summed E-state index contributed by atoms with van der Waals surface area (Å²) < 4.78 is 0. The van der Waals surface area contributed by atoms with E-state index in [4.69, 9.17) is 0 Å². The number of non-ortho nitro benzene ring substituents is 1. The Morgan fingerprint density at radius 1 is 1.24 bits per heavy atom. The number of aliphatic hydroxyl groups is 1. The molecule has 1 aromatic carbocycles. The highest BCUT2D eigenvalue weighted by Gasteiger charge is 2.19. The Bertz CT molecular complexity index is 495. The third-order valence-electron chi connectivity index (χ3n) is 3.70. The average Bonchev–Trinajstić information content (AvgIpc) is 2.47. The molecule has 0 spiro atoms. The van der Waals surface area contributed by atoms with E-state index in [0.29, 0.717) is 18.2 Å². The zero-order valence-electron chi connectivity index (χ0n) is 11.6. The van der Waals surface area contributed by atoms with Crippen molar-refractivity contribution in [1.82, 2.24) is 5.32 Å². The first-order valence-corrected chi connectivity index (χ1v) is 7.02. The maximum absolute atomic E-state index is 11.7. The minimum Gasteiger partial charge on any atom is -0.393 e. The van der Waals surface area contributed by atoms with Gasteiger partial charge >= 0.3 is 6.03 Å². The fraction of sp³-hybridized carbons (Fsp3) is 0.500. The summed E-state index contributed by atoms with van der Waals surface area (Å²) in [6, 6.07) is 5.36. The standard InChI is InChI=1S/C14H19N3O4/c18-13-7-1-10(2-8-13)9-15-14(19)16-11-3-5-12(6-4-11)17(20)21/h3-6,10,13,18H,1-2,7-9H2,(H2,15,16,19). The lowest BCUT2D eigenvalue weighted by molar-refractivity contribution is -0.384. The summed E-state index contributed by atoms with van der Waals surface area (Å²) in [5.74, 6) is 0.399. The number of nitrogens with zero attached hydrogens (tertiary/aromatic N) is 1. The minimum atomic E-state index is -0.485. The van der Waals surface area contributed by atoms with Crippen LogP contribution in [0.4, 0.5) is 16.2 Å². The molecule has 1 aliphatic carbocycles. The number of urea groups is 1. The number of carbonyl (C=O) groups excluding carboxylic acids is 1. The fourth-order valence-corrected chi connectivity index (χ4v) is 2.43. The maximum Gasteiger partial charge on any atom is 0.319 e. The van der Waals surface area contributed by atoms with Crippen LogP contribution < -0.4 is 10.6 Å². The Morgan fingerprint density at radius 3 is 2.43 bits per heavy atom. The predicted octanol–water partition coefficient (Wildman–Crippen LogP) is 2.27. The van der Waals surface area contributed by atoms with Crippen molar-refractivity contribution in [2.24, 2.45) is 5.92 Å². The van der Waals surface area contributed by atoms with Gasteiger partial charge in [-0.15, -0.1) is 0 Å². The number of anilines is 1. The van der Waals surface area contributed by atoms with Crippen LogP contribution >= 0.6 is 0 Å². The number of rotatable bonds is 4. The monoisotopic (exact) mass is 293 g/mol. The van der Waals surface area contributed by atoms with E-state index in [-0.39, 0.29) is 17.8 Å². The van der Waals surface area contributed by atoms with Crippen LogP contribution in [0.1, 0.15) is 25.7 Å². The molecule has 0 aliphatic heterocycles. The maximum atomic E-state index is 11.7. The van der Waals surface area contributed by atoms with Crippen LogP contribution in [0.15, 0.2) is 24.3 Å². The molecule has 0 aromatic heterocycles. The number of hydrogen-bond donors (Lipinski definition) is 3. The summed E-state index contributed by atoms with van der Waals surface area (Å²) in [4.78, 5) is 21.8. The van der Waals surface area contributed by atoms with Gasteiger partial charge in [0.1, 0.15) is 0 Å². The molecule has 7 nitrogen and oxygen atoms in total. The number of nitro groups is 1. The summed E-state index contributed by atoms with van der Waals surface area (Å²) in [6.45, 7) is 0.575. The van der Waals surface area contributed by atoms with E-state index in [0.717, 1.165) is 25.7 Å². The van der Waals surface area contributed by atoms with Gasteiger partial charge in [-0.2, -0.15) is 0 Å². The van der Waals surface area contributed by atoms with E-state index in [1.165, 1.54) is 24.3 Å². The molecule has 2 amide bonds. The highest BCUT2D eigenvalue weighted by Crippen LogP contribution is 2.23. The van der Waals surface area contributed by atoms with Crippen LogP contribution in [0.2, 0.25) is 0 Å². The van der Waals surface area contributed by atoms with E-state index in [1.54, 1.807) is 0 Å². The van der Waals surface area contributed by atoms with Gasteiger partial charge in [-0.05, 0) is 43.7 Å². The average molecular weight is 293 g/mol. The van der Waals surface area contributed by atoms with Crippen LogP contribution in [0.3, 0.4) is 0 Å². The smallest absolute Gasteiger partial charge is 0.319 e. The van der Waals surface area contributed by atoms with Crippen molar-refractivity contribution in [3.63, 3.8) is 0 Å². The third kappa shape index (κ3) is 4.71. The van der Waals surface area contributed by atoms with Crippen LogP contribution in [0.5, 0.6) is 0 Å². The lowest BCUT2D eigenvalue weighted by atomic mass is 9.87. The number of benzene rings is 1. The van der Waals surface area contributed by atoms with Crippen LogP contribution in [-0.2, 0) is 0 Å². The quantitative estimate of drug-likeness (QED) is 0.585. The largest absolute Gasteiger partial charge is 0.393 e. The van der Waals surface area contributed by atoms with E-state index >= 15 is 0 Å². The second kappa shape index (κ2) is 7.03. The van der Waals surface area contributed by atoms with Gasteiger partial charge in [0.2, 0.25) is 0 Å². The van der Waals surface area contributed by atoms with Crippen molar-refractivity contribution < 1.29 is 14.8 Å². The highest BCUT2D eigenvalue weighted by molar-refractivity contribution is 5.89. The van der Waals surface area contributed by atoms with Gasteiger partial charge in [0.15, 0.2) is 0 Å². The highest BCUT2D eigenvalue weighted by atomic mass is 16.6. The zero-order chi connectivity index (χ0) is 15.2. The van der Waals surface area contributed by atoms with Crippen LogP contribution in [0.25, 0.3) is 0 Å². The Morgan fingerprint density at radius 2 is 1.86 bits per heavy atom. The third-order valence-corrected chi connectivity index (χ3v) is 3.70. The molecule has 3 N–H and O–H groups in total. The summed E-state index contributed by atoms with van der Waals surface area (Å²) in [7, 11) is 0. The summed E-state index contributed by atoms with van der Waals surface area (Å²) in [6.07, 6.45) is 3.21. The molecule has 0 heterocycles. The zero-order valence-corrected chi connectivity index (χ0v) is 11.6.